The maximum atomic E-state index is 9.27. The van der Waals surface area contributed by atoms with Gasteiger partial charge in [0, 0.05) is 30.8 Å². The van der Waals surface area contributed by atoms with Gasteiger partial charge >= 0.3 is 0 Å². The number of hydrogen-bond donors (Lipinski definition) is 2. The molecule has 0 spiro atoms. The summed E-state index contributed by atoms with van der Waals surface area (Å²) in [6.07, 6.45) is 2.67. The van der Waals surface area contributed by atoms with Crippen molar-refractivity contribution in [1.29, 1.82) is 0 Å². The highest BCUT2D eigenvalue weighted by atomic mass is 16.3. The number of benzene rings is 1. The van der Waals surface area contributed by atoms with Gasteiger partial charge in [0.05, 0.1) is 0 Å². The van der Waals surface area contributed by atoms with Crippen molar-refractivity contribution < 1.29 is 5.11 Å². The van der Waals surface area contributed by atoms with Crippen LogP contribution in [-0.2, 0) is 6.54 Å². The molecule has 0 aromatic heterocycles. The number of nitrogens with one attached hydrogen (secondary N) is 1. The molecule has 0 radical (unpaired) electrons. The number of nitrogens with zero attached hydrogens (tertiary/aromatic N) is 1. The van der Waals surface area contributed by atoms with E-state index in [9.17, 15) is 5.11 Å². The molecule has 2 N–H and O–H groups in total. The second-order valence-corrected chi connectivity index (χ2v) is 6.36. The Labute approximate surface area is 116 Å². The summed E-state index contributed by atoms with van der Waals surface area (Å²) in [5, 5.41) is 12.7. The van der Waals surface area contributed by atoms with Crippen LogP contribution in [0.3, 0.4) is 0 Å². The Morgan fingerprint density at radius 3 is 2.68 bits per heavy atom. The number of aliphatic hydroxyl groups is 1. The van der Waals surface area contributed by atoms with Crippen molar-refractivity contribution in [3.05, 3.63) is 29.8 Å². The molecule has 1 aliphatic rings. The lowest BCUT2D eigenvalue weighted by atomic mass is 9.95. The Balaban J connectivity index is 1.91. The highest BCUT2D eigenvalue weighted by molar-refractivity contribution is 5.45. The predicted octanol–water partition coefficient (Wildman–Crippen LogP) is 2.71. The zero-order valence-corrected chi connectivity index (χ0v) is 12.2. The van der Waals surface area contributed by atoms with Gasteiger partial charge < -0.3 is 10.4 Å². The van der Waals surface area contributed by atoms with Crippen molar-refractivity contribution in [3.8, 4) is 0 Å². The van der Waals surface area contributed by atoms with Crippen molar-refractivity contribution in [2.24, 2.45) is 5.41 Å². The smallest absolute Gasteiger partial charge is 0.0498 e. The van der Waals surface area contributed by atoms with Crippen molar-refractivity contribution in [3.63, 3.8) is 0 Å². The minimum atomic E-state index is -0.0784. The second-order valence-electron chi connectivity index (χ2n) is 6.36. The maximum absolute atomic E-state index is 9.27. The summed E-state index contributed by atoms with van der Waals surface area (Å²) in [6, 6.07) is 8.63. The van der Waals surface area contributed by atoms with Gasteiger partial charge in [-0.2, -0.15) is 0 Å². The van der Waals surface area contributed by atoms with Crippen LogP contribution < -0.4 is 5.32 Å². The van der Waals surface area contributed by atoms with Gasteiger partial charge in [-0.3, -0.25) is 4.90 Å². The first kappa shape index (κ1) is 14.4. The molecular formula is C16H26N2O. The predicted molar refractivity (Wildman–Crippen MR) is 80.3 cm³/mol. The van der Waals surface area contributed by atoms with Crippen LogP contribution in [0.2, 0.25) is 0 Å². The summed E-state index contributed by atoms with van der Waals surface area (Å²) in [4.78, 5) is 2.51. The molecule has 0 aliphatic carbocycles. The van der Waals surface area contributed by atoms with E-state index in [1.165, 1.54) is 31.5 Å². The lowest BCUT2D eigenvalue weighted by molar-refractivity contribution is 0.171. The molecule has 106 valence electrons. The first-order chi connectivity index (χ1) is 9.09. The molecule has 0 amide bonds. The van der Waals surface area contributed by atoms with Crippen LogP contribution in [0, 0.1) is 5.41 Å². The van der Waals surface area contributed by atoms with E-state index in [1.54, 1.807) is 0 Å². The molecule has 1 saturated heterocycles. The minimum absolute atomic E-state index is 0.0784. The third-order valence-electron chi connectivity index (χ3n) is 3.73. The molecule has 19 heavy (non-hydrogen) atoms. The van der Waals surface area contributed by atoms with Crippen LogP contribution in [0.5, 0.6) is 0 Å². The van der Waals surface area contributed by atoms with E-state index in [0.717, 1.165) is 18.8 Å². The van der Waals surface area contributed by atoms with Gasteiger partial charge in [0.2, 0.25) is 0 Å². The molecule has 2 rings (SSSR count). The zero-order chi connectivity index (χ0) is 13.7. The van der Waals surface area contributed by atoms with Gasteiger partial charge in [-0.15, -0.1) is 0 Å². The molecule has 0 unspecified atom stereocenters. The fourth-order valence-corrected chi connectivity index (χ4v) is 2.38. The van der Waals surface area contributed by atoms with Crippen molar-refractivity contribution in [2.45, 2.75) is 33.2 Å². The van der Waals surface area contributed by atoms with Crippen molar-refractivity contribution in [2.75, 3.05) is 31.6 Å². The van der Waals surface area contributed by atoms with E-state index < -0.39 is 0 Å². The van der Waals surface area contributed by atoms with Gasteiger partial charge in [0.1, 0.15) is 0 Å². The van der Waals surface area contributed by atoms with Gasteiger partial charge in [0.25, 0.3) is 0 Å². The summed E-state index contributed by atoms with van der Waals surface area (Å²) < 4.78 is 0. The number of rotatable bonds is 6. The summed E-state index contributed by atoms with van der Waals surface area (Å²) in [5.41, 5.74) is 2.44. The largest absolute Gasteiger partial charge is 0.396 e. The standard InChI is InChI=1S/C16H26N2O/c1-16(2,13-19)12-17-15-7-5-6-14(10-15)11-18-8-3-4-9-18/h5-7,10,17,19H,3-4,8-9,11-13H2,1-2H3. The quantitative estimate of drug-likeness (QED) is 0.827. The molecule has 3 nitrogen and oxygen atoms in total. The van der Waals surface area contributed by atoms with Gasteiger partial charge in [-0.05, 0) is 43.6 Å². The molecule has 1 heterocycles. The third-order valence-corrected chi connectivity index (χ3v) is 3.73. The Hall–Kier alpha value is -1.06. The van der Waals surface area contributed by atoms with Crippen molar-refractivity contribution >= 4 is 5.69 Å². The first-order valence-corrected chi connectivity index (χ1v) is 7.25. The van der Waals surface area contributed by atoms with Crippen LogP contribution in [0.1, 0.15) is 32.3 Å². The monoisotopic (exact) mass is 262 g/mol. The highest BCUT2D eigenvalue weighted by Crippen LogP contribution is 2.19. The lowest BCUT2D eigenvalue weighted by Gasteiger charge is -2.23. The van der Waals surface area contributed by atoms with E-state index in [1.807, 2.05) is 0 Å². The lowest BCUT2D eigenvalue weighted by Crippen LogP contribution is -2.26. The SMILES string of the molecule is CC(C)(CO)CNc1cccc(CN2CCCC2)c1. The van der Waals surface area contributed by atoms with E-state index in [4.69, 9.17) is 0 Å². The zero-order valence-electron chi connectivity index (χ0n) is 12.2. The van der Waals surface area contributed by atoms with Crippen LogP contribution >= 0.6 is 0 Å². The summed E-state index contributed by atoms with van der Waals surface area (Å²) in [6.45, 7) is 8.63. The summed E-state index contributed by atoms with van der Waals surface area (Å²) >= 11 is 0. The Bertz CT molecular complexity index is 397. The Kier molecular flexibility index (Phi) is 4.83. The molecule has 0 atom stereocenters. The molecule has 1 aliphatic heterocycles. The fraction of sp³-hybridized carbons (Fsp3) is 0.625. The molecule has 1 aromatic rings. The van der Waals surface area contributed by atoms with E-state index in [0.29, 0.717) is 0 Å². The highest BCUT2D eigenvalue weighted by Gasteiger charge is 2.16. The number of hydrogen-bond acceptors (Lipinski definition) is 3. The normalized spacial score (nSPS) is 16.8. The second kappa shape index (κ2) is 6.40. The van der Waals surface area contributed by atoms with Crippen LogP contribution in [0.25, 0.3) is 0 Å². The third kappa shape index (κ3) is 4.51. The number of aliphatic hydroxyl groups excluding tert-OH is 1. The first-order valence-electron chi connectivity index (χ1n) is 7.25. The molecule has 1 fully saturated rings. The minimum Gasteiger partial charge on any atom is -0.396 e. The molecule has 0 bridgehead atoms. The molecular weight excluding hydrogens is 236 g/mol. The average molecular weight is 262 g/mol. The van der Waals surface area contributed by atoms with E-state index in [-0.39, 0.29) is 12.0 Å². The Morgan fingerprint density at radius 1 is 1.26 bits per heavy atom. The Morgan fingerprint density at radius 2 is 2.00 bits per heavy atom. The van der Waals surface area contributed by atoms with Crippen LogP contribution in [0.4, 0.5) is 5.69 Å². The summed E-state index contributed by atoms with van der Waals surface area (Å²) in [7, 11) is 0. The maximum Gasteiger partial charge on any atom is 0.0498 e. The average Bonchev–Trinajstić information content (AvgIpc) is 2.90. The van der Waals surface area contributed by atoms with E-state index in [2.05, 4.69) is 48.3 Å². The molecule has 1 aromatic carbocycles. The van der Waals surface area contributed by atoms with E-state index >= 15 is 0 Å². The topological polar surface area (TPSA) is 35.5 Å². The van der Waals surface area contributed by atoms with Crippen molar-refractivity contribution in [1.82, 2.24) is 4.90 Å². The number of likely N-dealkylation sites (tertiary alicyclic amines) is 1. The van der Waals surface area contributed by atoms with Crippen LogP contribution in [0.15, 0.2) is 24.3 Å². The van der Waals surface area contributed by atoms with Crippen LogP contribution in [-0.4, -0.2) is 36.2 Å². The molecule has 0 saturated carbocycles. The van der Waals surface area contributed by atoms with Gasteiger partial charge in [-0.25, -0.2) is 0 Å². The van der Waals surface area contributed by atoms with Gasteiger partial charge in [-0.1, -0.05) is 26.0 Å². The summed E-state index contributed by atoms with van der Waals surface area (Å²) in [5.74, 6) is 0. The van der Waals surface area contributed by atoms with Gasteiger partial charge in [0.15, 0.2) is 0 Å². The molecule has 3 heteroatoms. The fourth-order valence-electron chi connectivity index (χ4n) is 2.38. The number of anilines is 1.